The third-order valence-corrected chi connectivity index (χ3v) is 3.81. The van der Waals surface area contributed by atoms with Crippen molar-refractivity contribution < 1.29 is 8.42 Å². The van der Waals surface area contributed by atoms with Gasteiger partial charge in [-0.15, -0.1) is 0 Å². The molecular formula is C13H22N2O2S. The van der Waals surface area contributed by atoms with Gasteiger partial charge in [0.25, 0.3) is 0 Å². The predicted octanol–water partition coefficient (Wildman–Crippen LogP) is 1.63. The second kappa shape index (κ2) is 6.31. The van der Waals surface area contributed by atoms with Crippen molar-refractivity contribution in [1.29, 1.82) is 0 Å². The summed E-state index contributed by atoms with van der Waals surface area (Å²) in [4.78, 5) is 0. The molecule has 0 aliphatic rings. The lowest BCUT2D eigenvalue weighted by molar-refractivity contribution is 0.559. The first-order chi connectivity index (χ1) is 8.29. The van der Waals surface area contributed by atoms with Crippen molar-refractivity contribution >= 4 is 10.0 Å². The van der Waals surface area contributed by atoms with Crippen molar-refractivity contribution in [1.82, 2.24) is 5.32 Å². The summed E-state index contributed by atoms with van der Waals surface area (Å²) in [5.74, 6) is 0.0274. The molecule has 0 radical (unpaired) electrons. The molecule has 102 valence electrons. The van der Waals surface area contributed by atoms with Crippen molar-refractivity contribution in [3.05, 3.63) is 34.9 Å². The number of hydrogen-bond acceptors (Lipinski definition) is 3. The first-order valence-corrected chi connectivity index (χ1v) is 7.82. The monoisotopic (exact) mass is 270 g/mol. The topological polar surface area (TPSA) is 72.2 Å². The molecule has 4 nitrogen and oxygen atoms in total. The number of rotatable bonds is 6. The van der Waals surface area contributed by atoms with Gasteiger partial charge in [-0.25, -0.2) is 13.6 Å². The van der Waals surface area contributed by atoms with Crippen LogP contribution in [0.1, 0.15) is 36.1 Å². The number of sulfonamides is 1. The molecule has 0 amide bonds. The quantitative estimate of drug-likeness (QED) is 0.772. The van der Waals surface area contributed by atoms with Crippen LogP contribution in [0.5, 0.6) is 0 Å². The van der Waals surface area contributed by atoms with E-state index in [0.29, 0.717) is 13.0 Å². The first-order valence-electron chi connectivity index (χ1n) is 6.10. The minimum absolute atomic E-state index is 0.0274. The number of nitrogens with one attached hydrogen (secondary N) is 1. The minimum Gasteiger partial charge on any atom is -0.310 e. The maximum Gasteiger partial charge on any atom is 0.209 e. The molecule has 1 unspecified atom stereocenters. The molecule has 1 aromatic carbocycles. The van der Waals surface area contributed by atoms with Crippen molar-refractivity contribution in [3.8, 4) is 0 Å². The Kier molecular flexibility index (Phi) is 5.31. The summed E-state index contributed by atoms with van der Waals surface area (Å²) in [7, 11) is -3.34. The Morgan fingerprint density at radius 3 is 2.56 bits per heavy atom. The fourth-order valence-electron chi connectivity index (χ4n) is 2.01. The summed E-state index contributed by atoms with van der Waals surface area (Å²) in [6, 6.07) is 6.57. The summed E-state index contributed by atoms with van der Waals surface area (Å²) in [6.07, 6.45) is 0.536. The average molecular weight is 270 g/mol. The van der Waals surface area contributed by atoms with E-state index in [9.17, 15) is 8.42 Å². The molecule has 0 aliphatic heterocycles. The van der Waals surface area contributed by atoms with Gasteiger partial charge in [-0.3, -0.25) is 0 Å². The van der Waals surface area contributed by atoms with Gasteiger partial charge in [0.2, 0.25) is 10.0 Å². The molecule has 0 aliphatic carbocycles. The third-order valence-electron chi connectivity index (χ3n) is 2.95. The highest BCUT2D eigenvalue weighted by atomic mass is 32.2. The molecule has 0 saturated heterocycles. The fourth-order valence-corrected chi connectivity index (χ4v) is 2.56. The van der Waals surface area contributed by atoms with E-state index < -0.39 is 10.0 Å². The van der Waals surface area contributed by atoms with Gasteiger partial charge in [0.15, 0.2) is 0 Å². The van der Waals surface area contributed by atoms with Gasteiger partial charge in [0.1, 0.15) is 0 Å². The lowest BCUT2D eigenvalue weighted by Gasteiger charge is -2.17. The maximum atomic E-state index is 10.8. The first kappa shape index (κ1) is 15.1. The highest BCUT2D eigenvalue weighted by molar-refractivity contribution is 7.89. The van der Waals surface area contributed by atoms with Gasteiger partial charge in [0, 0.05) is 6.04 Å². The Bertz CT molecular complexity index is 498. The smallest absolute Gasteiger partial charge is 0.209 e. The Labute approximate surface area is 110 Å². The van der Waals surface area contributed by atoms with E-state index >= 15 is 0 Å². The summed E-state index contributed by atoms with van der Waals surface area (Å²) in [6.45, 7) is 6.88. The molecule has 0 saturated carbocycles. The molecule has 5 heteroatoms. The molecule has 0 bridgehead atoms. The molecule has 1 aromatic rings. The van der Waals surface area contributed by atoms with E-state index in [-0.39, 0.29) is 11.8 Å². The molecule has 1 atom stereocenters. The Morgan fingerprint density at radius 2 is 2.00 bits per heavy atom. The summed E-state index contributed by atoms with van der Waals surface area (Å²) >= 11 is 0. The highest BCUT2D eigenvalue weighted by Gasteiger charge is 2.08. The van der Waals surface area contributed by atoms with Crippen LogP contribution in [0.3, 0.4) is 0 Å². The van der Waals surface area contributed by atoms with Gasteiger partial charge in [-0.2, -0.15) is 0 Å². The summed E-state index contributed by atoms with van der Waals surface area (Å²) in [5.41, 5.74) is 3.75. The fraction of sp³-hybridized carbons (Fsp3) is 0.538. The largest absolute Gasteiger partial charge is 0.310 e. The molecule has 0 aromatic heterocycles. The van der Waals surface area contributed by atoms with Gasteiger partial charge >= 0.3 is 0 Å². The van der Waals surface area contributed by atoms with E-state index in [2.05, 4.69) is 44.3 Å². The van der Waals surface area contributed by atoms with Crippen LogP contribution in [0.2, 0.25) is 0 Å². The van der Waals surface area contributed by atoms with Crippen LogP contribution in [0, 0.1) is 13.8 Å². The summed E-state index contributed by atoms with van der Waals surface area (Å²) < 4.78 is 21.6. The van der Waals surface area contributed by atoms with Gasteiger partial charge in [0.05, 0.1) is 5.75 Å². The Hall–Kier alpha value is -0.910. The lowest BCUT2D eigenvalue weighted by Crippen LogP contribution is -2.24. The van der Waals surface area contributed by atoms with E-state index in [1.54, 1.807) is 0 Å². The predicted molar refractivity (Wildman–Crippen MR) is 74.9 cm³/mol. The van der Waals surface area contributed by atoms with E-state index in [4.69, 9.17) is 5.14 Å². The van der Waals surface area contributed by atoms with Crippen LogP contribution < -0.4 is 10.5 Å². The molecular weight excluding hydrogens is 248 g/mol. The molecule has 0 fully saturated rings. The molecule has 0 spiro atoms. The lowest BCUT2D eigenvalue weighted by atomic mass is 10.0. The zero-order valence-electron chi connectivity index (χ0n) is 11.2. The van der Waals surface area contributed by atoms with Crippen molar-refractivity contribution in [2.75, 3.05) is 12.3 Å². The highest BCUT2D eigenvalue weighted by Crippen LogP contribution is 2.18. The van der Waals surface area contributed by atoms with Crippen LogP contribution >= 0.6 is 0 Å². The molecule has 18 heavy (non-hydrogen) atoms. The second-order valence-corrected chi connectivity index (χ2v) is 6.49. The standard InChI is InChI=1S/C13H22N2O2S/c1-10-5-6-13(11(2)9-10)12(3)15-7-4-8-18(14,16)17/h5-6,9,12,15H,4,7-8H2,1-3H3,(H2,14,16,17). The number of primary sulfonamides is 1. The van der Waals surface area contributed by atoms with Crippen LogP contribution in [-0.4, -0.2) is 20.7 Å². The van der Waals surface area contributed by atoms with Crippen LogP contribution in [-0.2, 0) is 10.0 Å². The van der Waals surface area contributed by atoms with Crippen LogP contribution in [0.4, 0.5) is 0 Å². The Morgan fingerprint density at radius 1 is 1.33 bits per heavy atom. The molecule has 1 rings (SSSR count). The number of aryl methyl sites for hydroxylation is 2. The SMILES string of the molecule is Cc1ccc(C(C)NCCCS(N)(=O)=O)c(C)c1. The second-order valence-electron chi connectivity index (χ2n) is 4.76. The number of nitrogens with two attached hydrogens (primary N) is 1. The minimum atomic E-state index is -3.34. The van der Waals surface area contributed by atoms with Crippen molar-refractivity contribution in [3.63, 3.8) is 0 Å². The van der Waals surface area contributed by atoms with Crippen molar-refractivity contribution in [2.45, 2.75) is 33.2 Å². The zero-order chi connectivity index (χ0) is 13.8. The summed E-state index contributed by atoms with van der Waals surface area (Å²) in [5, 5.41) is 8.26. The van der Waals surface area contributed by atoms with E-state index in [1.165, 1.54) is 16.7 Å². The van der Waals surface area contributed by atoms with Crippen LogP contribution in [0.25, 0.3) is 0 Å². The van der Waals surface area contributed by atoms with E-state index in [1.807, 2.05) is 0 Å². The molecule has 0 heterocycles. The van der Waals surface area contributed by atoms with E-state index in [0.717, 1.165) is 0 Å². The third kappa shape index (κ3) is 5.16. The molecule has 3 N–H and O–H groups in total. The van der Waals surface area contributed by atoms with Gasteiger partial charge < -0.3 is 5.32 Å². The maximum absolute atomic E-state index is 10.8. The normalized spacial score (nSPS) is 13.6. The van der Waals surface area contributed by atoms with Crippen LogP contribution in [0.15, 0.2) is 18.2 Å². The number of benzene rings is 1. The van der Waals surface area contributed by atoms with Gasteiger partial charge in [-0.05, 0) is 44.9 Å². The number of hydrogen-bond donors (Lipinski definition) is 2. The zero-order valence-corrected chi connectivity index (χ0v) is 12.0. The van der Waals surface area contributed by atoms with Gasteiger partial charge in [-0.1, -0.05) is 23.8 Å². The van der Waals surface area contributed by atoms with Crippen molar-refractivity contribution in [2.24, 2.45) is 5.14 Å². The average Bonchev–Trinajstić information content (AvgIpc) is 2.22. The Balaban J connectivity index is 2.48.